The molecule has 1 aromatic rings. The number of hydrogen-bond acceptors (Lipinski definition) is 3. The van der Waals surface area contributed by atoms with Crippen LogP contribution < -0.4 is 11.1 Å². The number of carbonyl (C=O) groups excluding carboxylic acids is 2. The maximum Gasteiger partial charge on any atom is 0.223 e. The number of likely N-dealkylation sites (tertiary alicyclic amines) is 1. The number of carbonyl (C=O) groups is 2. The third-order valence-electron chi connectivity index (χ3n) is 6.68. The SMILES string of the molecule is CC(=O)N1CCCC2NC(=O)[C@H](C)CCC3CC3(N)c3cccc(c3)C21. The number of fused-ring (bicyclic) bond motifs is 6. The molecule has 5 heteroatoms. The van der Waals surface area contributed by atoms with E-state index in [1.54, 1.807) is 6.92 Å². The van der Waals surface area contributed by atoms with Gasteiger partial charge in [0.25, 0.3) is 0 Å². The highest BCUT2D eigenvalue weighted by molar-refractivity contribution is 5.79. The lowest BCUT2D eigenvalue weighted by molar-refractivity contribution is -0.135. The van der Waals surface area contributed by atoms with Gasteiger partial charge in [0.15, 0.2) is 0 Å². The van der Waals surface area contributed by atoms with E-state index in [0.29, 0.717) is 5.92 Å². The van der Waals surface area contributed by atoms with Crippen LogP contribution in [-0.2, 0) is 15.1 Å². The molecule has 4 unspecified atom stereocenters. The Balaban J connectivity index is 1.78. The van der Waals surface area contributed by atoms with Gasteiger partial charge in [-0.2, -0.15) is 0 Å². The molecular formula is C21H29N3O2. The van der Waals surface area contributed by atoms with Gasteiger partial charge in [0, 0.05) is 24.9 Å². The van der Waals surface area contributed by atoms with Gasteiger partial charge in [-0.3, -0.25) is 9.59 Å². The van der Waals surface area contributed by atoms with E-state index in [2.05, 4.69) is 29.6 Å². The summed E-state index contributed by atoms with van der Waals surface area (Å²) in [6.07, 6.45) is 4.65. The Kier molecular flexibility index (Phi) is 4.30. The van der Waals surface area contributed by atoms with E-state index in [-0.39, 0.29) is 35.4 Å². The quantitative estimate of drug-likeness (QED) is 0.751. The molecule has 1 aromatic carbocycles. The van der Waals surface area contributed by atoms with Crippen LogP contribution in [0.15, 0.2) is 24.3 Å². The second-order valence-electron chi connectivity index (χ2n) is 8.46. The van der Waals surface area contributed by atoms with Gasteiger partial charge in [0.05, 0.1) is 12.1 Å². The van der Waals surface area contributed by atoms with E-state index in [1.807, 2.05) is 11.8 Å². The fourth-order valence-corrected chi connectivity index (χ4v) is 4.89. The number of benzene rings is 1. The molecule has 2 fully saturated rings. The summed E-state index contributed by atoms with van der Waals surface area (Å²) in [4.78, 5) is 26.9. The molecule has 5 nitrogen and oxygen atoms in total. The smallest absolute Gasteiger partial charge is 0.223 e. The molecule has 2 bridgehead atoms. The maximum absolute atomic E-state index is 12.7. The number of amides is 2. The average molecular weight is 355 g/mol. The highest BCUT2D eigenvalue weighted by atomic mass is 16.2. The molecule has 2 aliphatic heterocycles. The predicted molar refractivity (Wildman–Crippen MR) is 100 cm³/mol. The number of hydrogen-bond donors (Lipinski definition) is 2. The Labute approximate surface area is 155 Å². The van der Waals surface area contributed by atoms with Crippen molar-refractivity contribution < 1.29 is 9.59 Å². The minimum Gasteiger partial charge on any atom is -0.351 e. The lowest BCUT2D eigenvalue weighted by Gasteiger charge is -2.42. The normalized spacial score (nSPS) is 36.7. The van der Waals surface area contributed by atoms with Crippen molar-refractivity contribution in [2.45, 2.75) is 63.6 Å². The summed E-state index contributed by atoms with van der Waals surface area (Å²) in [6, 6.07) is 8.27. The van der Waals surface area contributed by atoms with Crippen LogP contribution in [0.25, 0.3) is 0 Å². The van der Waals surface area contributed by atoms with Crippen molar-refractivity contribution in [2.75, 3.05) is 6.54 Å². The van der Waals surface area contributed by atoms with Crippen molar-refractivity contribution in [1.29, 1.82) is 0 Å². The number of rotatable bonds is 0. The van der Waals surface area contributed by atoms with Gasteiger partial charge in [0.1, 0.15) is 0 Å². The van der Waals surface area contributed by atoms with Gasteiger partial charge < -0.3 is 16.0 Å². The van der Waals surface area contributed by atoms with Crippen LogP contribution in [0, 0.1) is 11.8 Å². The van der Waals surface area contributed by atoms with Gasteiger partial charge in [-0.1, -0.05) is 31.2 Å². The summed E-state index contributed by atoms with van der Waals surface area (Å²) >= 11 is 0. The van der Waals surface area contributed by atoms with Gasteiger partial charge in [-0.25, -0.2) is 0 Å². The molecule has 0 spiro atoms. The zero-order chi connectivity index (χ0) is 18.5. The molecule has 0 radical (unpaired) electrons. The molecule has 1 saturated carbocycles. The van der Waals surface area contributed by atoms with Crippen molar-refractivity contribution in [3.05, 3.63) is 35.4 Å². The third kappa shape index (κ3) is 2.92. The van der Waals surface area contributed by atoms with Gasteiger partial charge in [0.2, 0.25) is 11.8 Å². The first-order chi connectivity index (χ1) is 12.4. The van der Waals surface area contributed by atoms with E-state index in [1.165, 1.54) is 5.56 Å². The second-order valence-corrected chi connectivity index (χ2v) is 8.46. The molecule has 26 heavy (non-hydrogen) atoms. The van der Waals surface area contributed by atoms with Crippen LogP contribution >= 0.6 is 0 Å². The first-order valence-corrected chi connectivity index (χ1v) is 9.87. The second kappa shape index (κ2) is 6.38. The lowest BCUT2D eigenvalue weighted by Crippen LogP contribution is -2.52. The Morgan fingerprint density at radius 2 is 2.12 bits per heavy atom. The molecule has 140 valence electrons. The predicted octanol–water partition coefficient (Wildman–Crippen LogP) is 2.46. The highest BCUT2D eigenvalue weighted by Crippen LogP contribution is 2.53. The van der Waals surface area contributed by atoms with Gasteiger partial charge >= 0.3 is 0 Å². The topological polar surface area (TPSA) is 75.4 Å². The molecule has 5 atom stereocenters. The zero-order valence-corrected chi connectivity index (χ0v) is 15.7. The fourth-order valence-electron chi connectivity index (χ4n) is 4.89. The van der Waals surface area contributed by atoms with Crippen molar-refractivity contribution >= 4 is 11.8 Å². The van der Waals surface area contributed by atoms with Crippen molar-refractivity contribution in [2.24, 2.45) is 17.6 Å². The highest BCUT2D eigenvalue weighted by Gasteiger charge is 2.52. The number of nitrogens with one attached hydrogen (secondary N) is 1. The molecule has 1 saturated heterocycles. The first kappa shape index (κ1) is 17.5. The van der Waals surface area contributed by atoms with Crippen LogP contribution in [0.4, 0.5) is 0 Å². The Hall–Kier alpha value is -1.88. The number of nitrogens with two attached hydrogens (primary N) is 1. The number of piperidine rings is 1. The van der Waals surface area contributed by atoms with E-state index >= 15 is 0 Å². The zero-order valence-electron chi connectivity index (χ0n) is 15.7. The lowest BCUT2D eigenvalue weighted by atomic mass is 9.86. The minimum absolute atomic E-state index is 0.0222. The molecule has 1 aliphatic carbocycles. The fraction of sp³-hybridized carbons (Fsp3) is 0.619. The first-order valence-electron chi connectivity index (χ1n) is 9.87. The minimum atomic E-state index is -0.267. The van der Waals surface area contributed by atoms with Crippen LogP contribution in [-0.4, -0.2) is 29.3 Å². The van der Waals surface area contributed by atoms with Crippen LogP contribution in [0.3, 0.4) is 0 Å². The van der Waals surface area contributed by atoms with E-state index in [4.69, 9.17) is 5.73 Å². The molecular weight excluding hydrogens is 326 g/mol. The largest absolute Gasteiger partial charge is 0.351 e. The molecule has 2 heterocycles. The Bertz CT molecular complexity index is 734. The molecule has 3 aliphatic rings. The summed E-state index contributed by atoms with van der Waals surface area (Å²) < 4.78 is 0. The average Bonchev–Trinajstić information content (AvgIpc) is 3.30. The van der Waals surface area contributed by atoms with Gasteiger partial charge in [-0.15, -0.1) is 0 Å². The third-order valence-corrected chi connectivity index (χ3v) is 6.68. The van der Waals surface area contributed by atoms with Gasteiger partial charge in [-0.05, 0) is 49.1 Å². The standard InChI is InChI=1S/C21H29N3O2/c1-13-8-9-17-12-21(17,22)16-6-3-5-15(11-16)19-18(23-20(13)26)7-4-10-24(19)14(2)25/h3,5-6,11,13,17-19H,4,7-10,12,22H2,1-2H3,(H,23,26)/t13-,17?,18?,19?,21?/m1/s1. The molecule has 2 amide bonds. The summed E-state index contributed by atoms with van der Waals surface area (Å²) in [6.45, 7) is 4.36. The van der Waals surface area contributed by atoms with E-state index < -0.39 is 0 Å². The van der Waals surface area contributed by atoms with E-state index in [0.717, 1.165) is 44.2 Å². The summed E-state index contributed by atoms with van der Waals surface area (Å²) in [7, 11) is 0. The monoisotopic (exact) mass is 355 g/mol. The maximum atomic E-state index is 12.7. The Morgan fingerprint density at radius 1 is 1.31 bits per heavy atom. The Morgan fingerprint density at radius 3 is 2.88 bits per heavy atom. The number of nitrogens with zero attached hydrogens (tertiary/aromatic N) is 1. The van der Waals surface area contributed by atoms with Crippen molar-refractivity contribution in [3.63, 3.8) is 0 Å². The van der Waals surface area contributed by atoms with Crippen molar-refractivity contribution in [1.82, 2.24) is 10.2 Å². The van der Waals surface area contributed by atoms with Crippen LogP contribution in [0.2, 0.25) is 0 Å². The van der Waals surface area contributed by atoms with Crippen LogP contribution in [0.5, 0.6) is 0 Å². The van der Waals surface area contributed by atoms with Crippen LogP contribution in [0.1, 0.15) is 63.1 Å². The molecule has 0 aromatic heterocycles. The molecule has 4 rings (SSSR count). The van der Waals surface area contributed by atoms with Crippen molar-refractivity contribution in [3.8, 4) is 0 Å². The summed E-state index contributed by atoms with van der Waals surface area (Å²) in [5.74, 6) is 0.584. The summed E-state index contributed by atoms with van der Waals surface area (Å²) in [5.41, 5.74) is 8.69. The molecule has 3 N–H and O–H groups in total. The summed E-state index contributed by atoms with van der Waals surface area (Å²) in [5, 5.41) is 3.25. The van der Waals surface area contributed by atoms with E-state index in [9.17, 15) is 9.59 Å².